The van der Waals surface area contributed by atoms with Gasteiger partial charge in [-0.15, -0.1) is 0 Å². The second-order valence-corrected chi connectivity index (χ2v) is 4.62. The van der Waals surface area contributed by atoms with Crippen molar-refractivity contribution in [2.45, 2.75) is 20.8 Å². The predicted molar refractivity (Wildman–Crippen MR) is 66.8 cm³/mol. The highest BCUT2D eigenvalue weighted by atomic mass is 19.2. The van der Waals surface area contributed by atoms with Crippen molar-refractivity contribution in [1.29, 1.82) is 0 Å². The Hall–Kier alpha value is -2.12. The van der Waals surface area contributed by atoms with E-state index in [4.69, 9.17) is 0 Å². The standard InChI is InChI=1S/C8H7F3.C7H3F5/c1-4-3-6(9)8(11)7(10)5(4)2;1-2-3(8)5(10)7(12)6(11)4(2)9/h3H,1-2H3;1H3. The largest absolute Gasteiger partial charge is 0.204 e. The van der Waals surface area contributed by atoms with Crippen molar-refractivity contribution in [3.05, 3.63) is 69.3 Å². The van der Waals surface area contributed by atoms with Crippen LogP contribution >= 0.6 is 0 Å². The van der Waals surface area contributed by atoms with Crippen LogP contribution in [0.5, 0.6) is 0 Å². The molecule has 0 aromatic heterocycles. The van der Waals surface area contributed by atoms with Gasteiger partial charge < -0.3 is 0 Å². The zero-order chi connectivity index (χ0) is 18.1. The van der Waals surface area contributed by atoms with Gasteiger partial charge in [-0.3, -0.25) is 0 Å². The fraction of sp³-hybridized carbons (Fsp3) is 0.200. The summed E-state index contributed by atoms with van der Waals surface area (Å²) in [7, 11) is 0. The van der Waals surface area contributed by atoms with Gasteiger partial charge >= 0.3 is 0 Å². The Labute approximate surface area is 126 Å². The molecule has 2 aromatic carbocycles. The topological polar surface area (TPSA) is 0 Å². The van der Waals surface area contributed by atoms with Crippen LogP contribution in [0.3, 0.4) is 0 Å². The summed E-state index contributed by atoms with van der Waals surface area (Å²) >= 11 is 0. The van der Waals surface area contributed by atoms with Crippen LogP contribution < -0.4 is 0 Å². The lowest BCUT2D eigenvalue weighted by Crippen LogP contribution is -2.03. The number of aryl methyl sites for hydroxylation is 1. The Balaban J connectivity index is 0.000000231. The van der Waals surface area contributed by atoms with Gasteiger partial charge in [0.15, 0.2) is 40.7 Å². The van der Waals surface area contributed by atoms with E-state index in [9.17, 15) is 35.1 Å². The summed E-state index contributed by atoms with van der Waals surface area (Å²) in [5.74, 6) is -13.1. The van der Waals surface area contributed by atoms with Gasteiger partial charge in [-0.2, -0.15) is 0 Å². The van der Waals surface area contributed by atoms with Crippen molar-refractivity contribution in [2.75, 3.05) is 0 Å². The molecule has 0 saturated carbocycles. The van der Waals surface area contributed by atoms with Crippen LogP contribution in [-0.4, -0.2) is 0 Å². The molecule has 0 N–H and O–H groups in total. The average Bonchev–Trinajstić information content (AvgIpc) is 2.53. The van der Waals surface area contributed by atoms with Crippen LogP contribution in [-0.2, 0) is 0 Å². The summed E-state index contributed by atoms with van der Waals surface area (Å²) in [6.07, 6.45) is 0. The first-order chi connectivity index (χ1) is 10.5. The van der Waals surface area contributed by atoms with Gasteiger partial charge in [0.25, 0.3) is 0 Å². The Morgan fingerprint density at radius 2 is 0.826 bits per heavy atom. The highest BCUT2D eigenvalue weighted by Gasteiger charge is 2.22. The van der Waals surface area contributed by atoms with Crippen LogP contribution in [0.4, 0.5) is 35.1 Å². The molecule has 0 aliphatic heterocycles. The number of halogens is 8. The van der Waals surface area contributed by atoms with Crippen LogP contribution in [0, 0.1) is 67.3 Å². The molecule has 0 fully saturated rings. The van der Waals surface area contributed by atoms with E-state index in [2.05, 4.69) is 0 Å². The minimum Gasteiger partial charge on any atom is -0.204 e. The quantitative estimate of drug-likeness (QED) is 0.341. The van der Waals surface area contributed by atoms with Crippen LogP contribution in [0.2, 0.25) is 0 Å². The molecule has 23 heavy (non-hydrogen) atoms. The second kappa shape index (κ2) is 6.97. The molecule has 0 unspecified atom stereocenters. The number of benzene rings is 2. The molecule has 126 valence electrons. The molecule has 0 nitrogen and oxygen atoms in total. The van der Waals surface area contributed by atoms with E-state index in [0.29, 0.717) is 5.56 Å². The maximum absolute atomic E-state index is 12.6. The smallest absolute Gasteiger partial charge is 0.200 e. The lowest BCUT2D eigenvalue weighted by Gasteiger charge is -2.02. The molecule has 2 rings (SSSR count). The van der Waals surface area contributed by atoms with E-state index in [-0.39, 0.29) is 5.56 Å². The van der Waals surface area contributed by atoms with E-state index in [1.165, 1.54) is 13.8 Å². The second-order valence-electron chi connectivity index (χ2n) is 4.62. The summed E-state index contributed by atoms with van der Waals surface area (Å²) in [4.78, 5) is 0. The van der Waals surface area contributed by atoms with Crippen molar-refractivity contribution in [3.8, 4) is 0 Å². The molecule has 0 amide bonds. The molecule has 0 spiro atoms. The van der Waals surface area contributed by atoms with Gasteiger partial charge in [-0.1, -0.05) is 0 Å². The van der Waals surface area contributed by atoms with E-state index in [0.717, 1.165) is 13.0 Å². The van der Waals surface area contributed by atoms with Gasteiger partial charge in [0.05, 0.1) is 0 Å². The van der Waals surface area contributed by atoms with Crippen LogP contribution in [0.15, 0.2) is 6.07 Å². The zero-order valence-corrected chi connectivity index (χ0v) is 12.1. The van der Waals surface area contributed by atoms with Gasteiger partial charge in [-0.05, 0) is 38.0 Å². The minimum absolute atomic E-state index is 0.156. The highest BCUT2D eigenvalue weighted by Crippen LogP contribution is 2.21. The number of hydrogen-bond donors (Lipinski definition) is 0. The third-order valence-corrected chi connectivity index (χ3v) is 3.10. The first kappa shape index (κ1) is 18.9. The molecule has 0 saturated heterocycles. The fourth-order valence-corrected chi connectivity index (χ4v) is 1.52. The van der Waals surface area contributed by atoms with Crippen molar-refractivity contribution in [1.82, 2.24) is 0 Å². The van der Waals surface area contributed by atoms with E-state index in [1.54, 1.807) is 0 Å². The Morgan fingerprint density at radius 3 is 1.26 bits per heavy atom. The maximum Gasteiger partial charge on any atom is 0.200 e. The van der Waals surface area contributed by atoms with Crippen molar-refractivity contribution < 1.29 is 35.1 Å². The van der Waals surface area contributed by atoms with Crippen LogP contribution in [0.1, 0.15) is 16.7 Å². The number of hydrogen-bond acceptors (Lipinski definition) is 0. The first-order valence-electron chi connectivity index (χ1n) is 6.09. The van der Waals surface area contributed by atoms with Gasteiger partial charge in [0.2, 0.25) is 5.82 Å². The lowest BCUT2D eigenvalue weighted by molar-refractivity contribution is 0.373. The number of rotatable bonds is 0. The summed E-state index contributed by atoms with van der Waals surface area (Å²) in [5.41, 5.74) is -0.295. The SMILES string of the molecule is Cc1c(F)c(F)c(F)c(F)c1F.Cc1cc(F)c(F)c(F)c1C. The summed E-state index contributed by atoms with van der Waals surface area (Å²) in [6.45, 7) is 3.75. The minimum atomic E-state index is -2.13. The summed E-state index contributed by atoms with van der Waals surface area (Å²) in [5, 5.41) is 0. The molecule has 0 heterocycles. The zero-order valence-electron chi connectivity index (χ0n) is 12.1. The first-order valence-corrected chi connectivity index (χ1v) is 6.09. The van der Waals surface area contributed by atoms with Gasteiger partial charge in [0, 0.05) is 5.56 Å². The fourth-order valence-electron chi connectivity index (χ4n) is 1.52. The molecule has 8 heteroatoms. The van der Waals surface area contributed by atoms with Gasteiger partial charge in [-0.25, -0.2) is 35.1 Å². The Morgan fingerprint density at radius 1 is 0.478 bits per heavy atom. The summed E-state index contributed by atoms with van der Waals surface area (Å²) in [6, 6.07) is 0.980. The molecule has 0 aliphatic rings. The van der Waals surface area contributed by atoms with Crippen LogP contribution in [0.25, 0.3) is 0 Å². The summed E-state index contributed by atoms with van der Waals surface area (Å²) < 4.78 is 99.0. The van der Waals surface area contributed by atoms with Gasteiger partial charge in [0.1, 0.15) is 0 Å². The van der Waals surface area contributed by atoms with E-state index >= 15 is 0 Å². The Kier molecular flexibility index (Phi) is 5.74. The molecular formula is C15H10F8. The van der Waals surface area contributed by atoms with Crippen molar-refractivity contribution in [3.63, 3.8) is 0 Å². The Bertz CT molecular complexity index is 621. The molecular weight excluding hydrogens is 332 g/mol. The van der Waals surface area contributed by atoms with E-state index in [1.807, 2.05) is 0 Å². The molecule has 0 bridgehead atoms. The average molecular weight is 342 g/mol. The molecule has 0 radical (unpaired) electrons. The normalized spacial score (nSPS) is 10.4. The molecule has 2 aromatic rings. The molecule has 0 aliphatic carbocycles. The third kappa shape index (κ3) is 3.62. The maximum atomic E-state index is 12.6. The molecule has 0 atom stereocenters. The van der Waals surface area contributed by atoms with E-state index < -0.39 is 52.1 Å². The predicted octanol–water partition coefficient (Wildman–Crippen LogP) is 5.41. The highest BCUT2D eigenvalue weighted by molar-refractivity contribution is 5.27. The van der Waals surface area contributed by atoms with Crippen molar-refractivity contribution in [2.24, 2.45) is 0 Å². The van der Waals surface area contributed by atoms with Crippen molar-refractivity contribution >= 4 is 0 Å². The lowest BCUT2D eigenvalue weighted by atomic mass is 10.1. The monoisotopic (exact) mass is 342 g/mol. The third-order valence-electron chi connectivity index (χ3n) is 3.10.